The molecule has 0 bridgehead atoms. The van der Waals surface area contributed by atoms with E-state index >= 15 is 0 Å². The topological polar surface area (TPSA) is 71.2 Å². The summed E-state index contributed by atoms with van der Waals surface area (Å²) in [6.45, 7) is 9.58. The first-order chi connectivity index (χ1) is 19.0. The van der Waals surface area contributed by atoms with Crippen molar-refractivity contribution in [3.05, 3.63) is 70.3 Å². The van der Waals surface area contributed by atoms with Crippen LogP contribution in [0.3, 0.4) is 0 Å². The van der Waals surface area contributed by atoms with Gasteiger partial charge in [0.05, 0.1) is 6.61 Å². The smallest absolute Gasteiger partial charge is 0.362 e. The minimum atomic E-state index is -0.637. The van der Waals surface area contributed by atoms with E-state index in [1.165, 1.54) is 55.2 Å². The van der Waals surface area contributed by atoms with Crippen molar-refractivity contribution < 1.29 is 14.7 Å². The Bertz CT molecular complexity index is 1110. The maximum Gasteiger partial charge on any atom is 0.362 e. The van der Waals surface area contributed by atoms with Gasteiger partial charge in [-0.1, -0.05) is 113 Å². The monoisotopic (exact) mass is 532 g/mol. The molecule has 0 amide bonds. The lowest BCUT2D eigenvalue weighted by molar-refractivity contribution is -0.135. The Hall–Kier alpha value is -2.95. The number of unbranched alkanes of at least 4 members (excludes halogenated alkanes) is 5. The molecule has 0 unspecified atom stereocenters. The second-order valence-electron chi connectivity index (χ2n) is 11.1. The van der Waals surface area contributed by atoms with E-state index in [1.54, 1.807) is 0 Å². The molecule has 5 nitrogen and oxygen atoms in total. The summed E-state index contributed by atoms with van der Waals surface area (Å²) in [5, 5.41) is 13.2. The van der Waals surface area contributed by atoms with Gasteiger partial charge in [-0.05, 0) is 54.9 Å². The highest BCUT2D eigenvalue weighted by Gasteiger charge is 2.39. The minimum Gasteiger partial charge on any atom is -0.460 e. The van der Waals surface area contributed by atoms with E-state index < -0.39 is 5.97 Å². The molecule has 2 aromatic carbocycles. The van der Waals surface area contributed by atoms with Crippen molar-refractivity contribution in [2.75, 3.05) is 13.2 Å². The zero-order valence-corrected chi connectivity index (χ0v) is 24.6. The fraction of sp³-hybridized carbons (Fsp3) is 0.559. The van der Waals surface area contributed by atoms with Crippen LogP contribution >= 0.6 is 0 Å². The summed E-state index contributed by atoms with van der Waals surface area (Å²) in [5.74, 6) is -0.637. The molecule has 0 radical (unpaired) electrons. The number of hydrogen-bond donors (Lipinski definition) is 1. The van der Waals surface area contributed by atoms with Gasteiger partial charge in [0.15, 0.2) is 0 Å². The third kappa shape index (κ3) is 8.03. The number of esters is 1. The fourth-order valence-electron chi connectivity index (χ4n) is 6.15. The SMILES string of the molecule is CCCCCCCCc1ccc(CCOC(=O)/C(=N/O)C2=NCC(CCC)(CCC)c3c(C)cccc32)cc1. The number of fused-ring (bicyclic) bond motifs is 1. The van der Waals surface area contributed by atoms with Crippen molar-refractivity contribution in [1.82, 2.24) is 0 Å². The average molecular weight is 533 g/mol. The van der Waals surface area contributed by atoms with Crippen LogP contribution in [0.15, 0.2) is 52.6 Å². The van der Waals surface area contributed by atoms with Crippen molar-refractivity contribution in [2.45, 2.75) is 110 Å². The largest absolute Gasteiger partial charge is 0.460 e. The Labute approximate surface area is 235 Å². The normalized spacial score (nSPS) is 14.6. The number of rotatable bonds is 16. The Kier molecular flexibility index (Phi) is 12.2. The number of ether oxygens (including phenoxy) is 1. The Morgan fingerprint density at radius 2 is 1.54 bits per heavy atom. The summed E-state index contributed by atoms with van der Waals surface area (Å²) < 4.78 is 5.58. The van der Waals surface area contributed by atoms with Crippen LogP contribution in [0.1, 0.15) is 113 Å². The molecular formula is C34H48N2O3. The molecule has 0 atom stereocenters. The van der Waals surface area contributed by atoms with Crippen molar-refractivity contribution >= 4 is 17.4 Å². The van der Waals surface area contributed by atoms with Crippen LogP contribution in [0.4, 0.5) is 0 Å². The standard InChI is InChI=1S/C34H48N2O3/c1-5-8-9-10-11-12-15-27-17-19-28(20-18-27)21-24-39-33(37)32(36-38)31-29-16-13-14-26(4)30(29)34(22-6-2,23-7-3)25-35-31/h13-14,16-20,38H,5-12,15,21-25H2,1-4H3/b36-32+. The maximum absolute atomic E-state index is 13.0. The third-order valence-corrected chi connectivity index (χ3v) is 8.04. The van der Waals surface area contributed by atoms with E-state index in [4.69, 9.17) is 9.73 Å². The summed E-state index contributed by atoms with van der Waals surface area (Å²) >= 11 is 0. The molecule has 0 aromatic heterocycles. The molecule has 0 spiro atoms. The molecule has 1 heterocycles. The van der Waals surface area contributed by atoms with Gasteiger partial charge in [-0.2, -0.15) is 0 Å². The highest BCUT2D eigenvalue weighted by molar-refractivity contribution is 6.69. The van der Waals surface area contributed by atoms with E-state index in [1.807, 2.05) is 12.1 Å². The highest BCUT2D eigenvalue weighted by atomic mass is 16.5. The van der Waals surface area contributed by atoms with Gasteiger partial charge in [0, 0.05) is 23.9 Å². The minimum absolute atomic E-state index is 0.0562. The summed E-state index contributed by atoms with van der Waals surface area (Å²) in [6, 6.07) is 14.7. The van der Waals surface area contributed by atoms with Gasteiger partial charge < -0.3 is 9.94 Å². The third-order valence-electron chi connectivity index (χ3n) is 8.04. The molecule has 2 aromatic rings. The van der Waals surface area contributed by atoms with Crippen molar-refractivity contribution in [3.8, 4) is 0 Å². The van der Waals surface area contributed by atoms with Gasteiger partial charge in [0.2, 0.25) is 5.71 Å². The summed E-state index contributed by atoms with van der Waals surface area (Å²) in [7, 11) is 0. The number of aryl methyl sites for hydroxylation is 2. The van der Waals surface area contributed by atoms with E-state index in [2.05, 4.69) is 63.2 Å². The quantitative estimate of drug-likeness (QED) is 0.0779. The van der Waals surface area contributed by atoms with E-state index in [0.717, 1.165) is 43.2 Å². The number of carbonyl (C=O) groups excluding carboxylic acids is 1. The van der Waals surface area contributed by atoms with Gasteiger partial charge in [-0.25, -0.2) is 4.79 Å². The van der Waals surface area contributed by atoms with Gasteiger partial charge in [-0.15, -0.1) is 0 Å². The number of oxime groups is 1. The van der Waals surface area contributed by atoms with Crippen LogP contribution in [0.5, 0.6) is 0 Å². The summed E-state index contributed by atoms with van der Waals surface area (Å²) in [5.41, 5.74) is 6.04. The summed E-state index contributed by atoms with van der Waals surface area (Å²) in [6.07, 6.45) is 13.7. The number of benzene rings is 2. The molecule has 0 aliphatic carbocycles. The van der Waals surface area contributed by atoms with Crippen molar-refractivity contribution in [2.24, 2.45) is 10.1 Å². The molecule has 39 heavy (non-hydrogen) atoms. The Balaban J connectivity index is 1.60. The zero-order chi connectivity index (χ0) is 28.1. The van der Waals surface area contributed by atoms with Gasteiger partial charge in [0.1, 0.15) is 5.71 Å². The van der Waals surface area contributed by atoms with Crippen LogP contribution < -0.4 is 0 Å². The number of nitrogens with zero attached hydrogens (tertiary/aromatic N) is 2. The van der Waals surface area contributed by atoms with E-state index in [-0.39, 0.29) is 17.7 Å². The molecule has 0 saturated carbocycles. The molecule has 0 saturated heterocycles. The maximum atomic E-state index is 13.0. The van der Waals surface area contributed by atoms with E-state index in [0.29, 0.717) is 18.7 Å². The van der Waals surface area contributed by atoms with E-state index in [9.17, 15) is 10.0 Å². The van der Waals surface area contributed by atoms with Crippen molar-refractivity contribution in [3.63, 3.8) is 0 Å². The fourth-order valence-corrected chi connectivity index (χ4v) is 6.15. The number of carbonyl (C=O) groups is 1. The molecule has 1 aliphatic heterocycles. The average Bonchev–Trinajstić information content (AvgIpc) is 2.93. The Morgan fingerprint density at radius 3 is 2.18 bits per heavy atom. The lowest BCUT2D eigenvalue weighted by atomic mass is 9.68. The first-order valence-electron chi connectivity index (χ1n) is 15.1. The first-order valence-corrected chi connectivity index (χ1v) is 15.1. The molecule has 212 valence electrons. The summed E-state index contributed by atoms with van der Waals surface area (Å²) in [4.78, 5) is 17.9. The first kappa shape index (κ1) is 30.6. The zero-order valence-electron chi connectivity index (χ0n) is 24.6. The molecule has 1 aliphatic rings. The van der Waals surface area contributed by atoms with Crippen LogP contribution in [0.25, 0.3) is 0 Å². The van der Waals surface area contributed by atoms with Crippen LogP contribution in [0, 0.1) is 6.92 Å². The predicted octanol–water partition coefficient (Wildman–Crippen LogP) is 8.15. The van der Waals surface area contributed by atoms with Crippen LogP contribution in [0.2, 0.25) is 0 Å². The second-order valence-corrected chi connectivity index (χ2v) is 11.1. The molecule has 5 heteroatoms. The number of aliphatic imine (C=N–C) groups is 1. The Morgan fingerprint density at radius 1 is 0.897 bits per heavy atom. The molecule has 1 N–H and O–H groups in total. The van der Waals surface area contributed by atoms with Gasteiger partial charge >= 0.3 is 5.97 Å². The molecule has 3 rings (SSSR count). The van der Waals surface area contributed by atoms with Crippen LogP contribution in [-0.4, -0.2) is 35.8 Å². The molecular weight excluding hydrogens is 484 g/mol. The lowest BCUT2D eigenvalue weighted by Gasteiger charge is -2.39. The highest BCUT2D eigenvalue weighted by Crippen LogP contribution is 2.41. The van der Waals surface area contributed by atoms with Gasteiger partial charge in [0.25, 0.3) is 0 Å². The number of hydrogen-bond acceptors (Lipinski definition) is 5. The molecule has 0 fully saturated rings. The second kappa shape index (κ2) is 15.6. The van der Waals surface area contributed by atoms with Crippen molar-refractivity contribution in [1.29, 1.82) is 0 Å². The predicted molar refractivity (Wildman–Crippen MR) is 161 cm³/mol. The van der Waals surface area contributed by atoms with Crippen LogP contribution in [-0.2, 0) is 27.8 Å². The van der Waals surface area contributed by atoms with Gasteiger partial charge in [-0.3, -0.25) is 4.99 Å². The lowest BCUT2D eigenvalue weighted by Crippen LogP contribution is -2.40.